The molecule has 1 unspecified atom stereocenters. The van der Waals surface area contributed by atoms with Gasteiger partial charge >= 0.3 is 0 Å². The zero-order chi connectivity index (χ0) is 19.5. The predicted octanol–water partition coefficient (Wildman–Crippen LogP) is 3.85. The molecule has 7 nitrogen and oxygen atoms in total. The molecule has 1 atom stereocenters. The van der Waals surface area contributed by atoms with Crippen LogP contribution >= 0.6 is 11.6 Å². The summed E-state index contributed by atoms with van der Waals surface area (Å²) >= 11 is 5.95. The van der Waals surface area contributed by atoms with Crippen LogP contribution < -0.4 is 10.1 Å². The quantitative estimate of drug-likeness (QED) is 0.557. The number of nitrogens with zero attached hydrogens (tertiary/aromatic N) is 4. The Kier molecular flexibility index (Phi) is 4.90. The Balaban J connectivity index is 1.48. The SMILES string of the molecule is CC(Oc1cccc(Cl)c1)C(=O)Nc1cccc(-c2ccc3nncn3n2)c1. The molecule has 0 saturated carbocycles. The molecule has 0 saturated heterocycles. The molecular weight excluding hydrogens is 378 g/mol. The van der Waals surface area contributed by atoms with E-state index in [2.05, 4.69) is 20.6 Å². The monoisotopic (exact) mass is 393 g/mol. The molecule has 1 amide bonds. The molecule has 0 spiro atoms. The summed E-state index contributed by atoms with van der Waals surface area (Å²) in [7, 11) is 0. The van der Waals surface area contributed by atoms with Crippen molar-refractivity contribution < 1.29 is 9.53 Å². The van der Waals surface area contributed by atoms with Crippen LogP contribution in [0, 0.1) is 0 Å². The molecule has 4 aromatic rings. The van der Waals surface area contributed by atoms with Crippen LogP contribution in [0.5, 0.6) is 5.75 Å². The fraction of sp³-hybridized carbons (Fsp3) is 0.100. The number of ether oxygens (including phenoxy) is 1. The van der Waals surface area contributed by atoms with Crippen molar-refractivity contribution in [2.75, 3.05) is 5.32 Å². The molecule has 1 N–H and O–H groups in total. The summed E-state index contributed by atoms with van der Waals surface area (Å²) in [6.07, 6.45) is 0.855. The summed E-state index contributed by atoms with van der Waals surface area (Å²) in [6, 6.07) is 18.1. The molecule has 0 bridgehead atoms. The topological polar surface area (TPSA) is 81.4 Å². The van der Waals surface area contributed by atoms with E-state index in [0.717, 1.165) is 11.3 Å². The largest absolute Gasteiger partial charge is 0.481 e. The van der Waals surface area contributed by atoms with Crippen LogP contribution in [-0.4, -0.2) is 31.8 Å². The number of halogens is 1. The van der Waals surface area contributed by atoms with Crippen molar-refractivity contribution in [2.24, 2.45) is 0 Å². The van der Waals surface area contributed by atoms with Gasteiger partial charge in [-0.15, -0.1) is 10.2 Å². The first-order chi connectivity index (χ1) is 13.6. The highest BCUT2D eigenvalue weighted by Crippen LogP contribution is 2.22. The Morgan fingerprint density at radius 3 is 2.86 bits per heavy atom. The maximum atomic E-state index is 12.5. The van der Waals surface area contributed by atoms with Gasteiger partial charge in [-0.25, -0.2) is 0 Å². The number of fused-ring (bicyclic) bond motifs is 1. The summed E-state index contributed by atoms with van der Waals surface area (Å²) < 4.78 is 7.26. The van der Waals surface area contributed by atoms with E-state index >= 15 is 0 Å². The highest BCUT2D eigenvalue weighted by Gasteiger charge is 2.15. The first kappa shape index (κ1) is 17.9. The minimum absolute atomic E-state index is 0.264. The van der Waals surface area contributed by atoms with Gasteiger partial charge in [-0.3, -0.25) is 4.79 Å². The van der Waals surface area contributed by atoms with Crippen LogP contribution in [0.2, 0.25) is 5.02 Å². The lowest BCUT2D eigenvalue weighted by molar-refractivity contribution is -0.122. The molecule has 0 radical (unpaired) electrons. The number of benzene rings is 2. The van der Waals surface area contributed by atoms with E-state index in [1.165, 1.54) is 0 Å². The minimum Gasteiger partial charge on any atom is -0.481 e. The molecule has 140 valence electrons. The zero-order valence-corrected chi connectivity index (χ0v) is 15.7. The van der Waals surface area contributed by atoms with Gasteiger partial charge in [-0.05, 0) is 49.4 Å². The van der Waals surface area contributed by atoms with Crippen LogP contribution in [0.3, 0.4) is 0 Å². The van der Waals surface area contributed by atoms with Crippen LogP contribution in [-0.2, 0) is 4.79 Å². The first-order valence-corrected chi connectivity index (χ1v) is 8.97. The van der Waals surface area contributed by atoms with Crippen LogP contribution in [0.15, 0.2) is 67.0 Å². The lowest BCUT2D eigenvalue weighted by atomic mass is 10.1. The third kappa shape index (κ3) is 3.94. The number of rotatable bonds is 5. The fourth-order valence-corrected chi connectivity index (χ4v) is 2.86. The van der Waals surface area contributed by atoms with Crippen molar-refractivity contribution in [3.8, 4) is 17.0 Å². The number of carbonyl (C=O) groups is 1. The predicted molar refractivity (Wildman–Crippen MR) is 106 cm³/mol. The van der Waals surface area contributed by atoms with Crippen molar-refractivity contribution in [1.29, 1.82) is 0 Å². The number of amides is 1. The third-order valence-corrected chi connectivity index (χ3v) is 4.30. The average Bonchev–Trinajstić information content (AvgIpc) is 3.16. The molecular formula is C20H16ClN5O2. The van der Waals surface area contributed by atoms with Gasteiger partial charge in [-0.2, -0.15) is 9.61 Å². The van der Waals surface area contributed by atoms with Gasteiger partial charge < -0.3 is 10.1 Å². The number of nitrogens with one attached hydrogen (secondary N) is 1. The molecule has 0 aliphatic heterocycles. The van der Waals surface area contributed by atoms with E-state index < -0.39 is 6.10 Å². The van der Waals surface area contributed by atoms with Gasteiger partial charge in [0.1, 0.15) is 12.1 Å². The second kappa shape index (κ2) is 7.66. The van der Waals surface area contributed by atoms with Crippen LogP contribution in [0.1, 0.15) is 6.92 Å². The summed E-state index contributed by atoms with van der Waals surface area (Å²) in [4.78, 5) is 12.5. The van der Waals surface area contributed by atoms with E-state index in [-0.39, 0.29) is 5.91 Å². The van der Waals surface area contributed by atoms with E-state index in [0.29, 0.717) is 22.1 Å². The Bertz CT molecular complexity index is 1140. The van der Waals surface area contributed by atoms with Gasteiger partial charge in [0.15, 0.2) is 11.8 Å². The molecule has 0 fully saturated rings. The van der Waals surface area contributed by atoms with Crippen molar-refractivity contribution in [3.05, 3.63) is 72.0 Å². The lowest BCUT2D eigenvalue weighted by Gasteiger charge is -2.15. The standard InChI is InChI=1S/C20H16ClN5O2/c1-13(28-17-7-3-5-15(21)11-17)20(27)23-16-6-2-4-14(10-16)18-8-9-19-24-22-12-26(19)25-18/h2-13H,1H3,(H,23,27). The minimum atomic E-state index is -0.686. The second-order valence-corrected chi connectivity index (χ2v) is 6.58. The van der Waals surface area contributed by atoms with Crippen LogP contribution in [0.25, 0.3) is 16.9 Å². The number of anilines is 1. The van der Waals surface area contributed by atoms with Gasteiger partial charge in [0.25, 0.3) is 5.91 Å². The first-order valence-electron chi connectivity index (χ1n) is 8.59. The van der Waals surface area contributed by atoms with Crippen molar-refractivity contribution in [1.82, 2.24) is 19.8 Å². The number of hydrogen-bond donors (Lipinski definition) is 1. The highest BCUT2D eigenvalue weighted by atomic mass is 35.5. The Morgan fingerprint density at radius 2 is 2.00 bits per heavy atom. The Hall–Kier alpha value is -3.45. The third-order valence-electron chi connectivity index (χ3n) is 4.07. The molecule has 0 aliphatic rings. The summed E-state index contributed by atoms with van der Waals surface area (Å²) in [6.45, 7) is 1.68. The Morgan fingerprint density at radius 1 is 1.14 bits per heavy atom. The molecule has 8 heteroatoms. The van der Waals surface area contributed by atoms with E-state index in [9.17, 15) is 4.79 Å². The van der Waals surface area contributed by atoms with Gasteiger partial charge in [0, 0.05) is 16.3 Å². The normalized spacial score (nSPS) is 11.9. The van der Waals surface area contributed by atoms with Gasteiger partial charge in [-0.1, -0.05) is 29.8 Å². The molecule has 2 heterocycles. The Labute approximate surface area is 165 Å². The number of aromatic nitrogens is 4. The fourth-order valence-electron chi connectivity index (χ4n) is 2.68. The number of hydrogen-bond acceptors (Lipinski definition) is 5. The zero-order valence-electron chi connectivity index (χ0n) is 14.9. The summed E-state index contributed by atoms with van der Waals surface area (Å²) in [5.74, 6) is 0.273. The maximum Gasteiger partial charge on any atom is 0.265 e. The summed E-state index contributed by atoms with van der Waals surface area (Å²) in [5.41, 5.74) is 2.92. The molecule has 2 aromatic heterocycles. The van der Waals surface area contributed by atoms with E-state index in [1.54, 1.807) is 42.0 Å². The van der Waals surface area contributed by atoms with Crippen molar-refractivity contribution in [3.63, 3.8) is 0 Å². The average molecular weight is 394 g/mol. The maximum absolute atomic E-state index is 12.5. The van der Waals surface area contributed by atoms with Gasteiger partial charge in [0.05, 0.1) is 5.69 Å². The highest BCUT2D eigenvalue weighted by molar-refractivity contribution is 6.30. The van der Waals surface area contributed by atoms with E-state index in [1.807, 2.05) is 36.4 Å². The molecule has 4 rings (SSSR count). The molecule has 0 aliphatic carbocycles. The van der Waals surface area contributed by atoms with E-state index in [4.69, 9.17) is 16.3 Å². The second-order valence-electron chi connectivity index (χ2n) is 6.14. The molecule has 2 aromatic carbocycles. The van der Waals surface area contributed by atoms with Crippen molar-refractivity contribution in [2.45, 2.75) is 13.0 Å². The molecule has 28 heavy (non-hydrogen) atoms. The summed E-state index contributed by atoms with van der Waals surface area (Å²) in [5, 5.41) is 15.6. The lowest BCUT2D eigenvalue weighted by Crippen LogP contribution is -2.30. The van der Waals surface area contributed by atoms with Crippen LogP contribution in [0.4, 0.5) is 5.69 Å². The van der Waals surface area contributed by atoms with Gasteiger partial charge in [0.2, 0.25) is 0 Å². The van der Waals surface area contributed by atoms with Crippen molar-refractivity contribution >= 4 is 28.8 Å². The number of carbonyl (C=O) groups excluding carboxylic acids is 1. The smallest absolute Gasteiger partial charge is 0.265 e.